The molecular weight excluding hydrogens is 362 g/mol. The predicted molar refractivity (Wildman–Crippen MR) is 97.9 cm³/mol. The molecule has 1 N–H and O–H groups in total. The van der Waals surface area contributed by atoms with Crippen LogP contribution in [0, 0.1) is 0 Å². The average molecular weight is 378 g/mol. The molecule has 3 rings (SSSR count). The molecule has 0 atom stereocenters. The van der Waals surface area contributed by atoms with E-state index in [0.29, 0.717) is 21.6 Å². The van der Waals surface area contributed by atoms with Crippen molar-refractivity contribution in [2.24, 2.45) is 0 Å². The Morgan fingerprint density at radius 2 is 1.76 bits per heavy atom. The lowest BCUT2D eigenvalue weighted by Gasteiger charge is -2.32. The van der Waals surface area contributed by atoms with Crippen molar-refractivity contribution in [3.8, 4) is 0 Å². The smallest absolute Gasteiger partial charge is 0.282 e. The quantitative estimate of drug-likeness (QED) is 0.708. The number of halogens is 1. The van der Waals surface area contributed by atoms with E-state index < -0.39 is 15.9 Å². The molecule has 1 aromatic heterocycles. The number of carbonyl (C=O) groups is 1. The zero-order chi connectivity index (χ0) is 18.2. The van der Waals surface area contributed by atoms with Crippen LogP contribution in [-0.2, 0) is 14.8 Å². The fourth-order valence-electron chi connectivity index (χ4n) is 2.56. The molecule has 6 nitrogen and oxygen atoms in total. The molecule has 3 aromatic rings. The van der Waals surface area contributed by atoms with Crippen molar-refractivity contribution in [1.29, 1.82) is 0 Å². The molecule has 8 heteroatoms. The van der Waals surface area contributed by atoms with E-state index in [-0.39, 0.29) is 4.90 Å². The van der Waals surface area contributed by atoms with Crippen LogP contribution in [0.2, 0.25) is 5.02 Å². The first-order valence-corrected chi connectivity index (χ1v) is 9.26. The highest BCUT2D eigenvalue weighted by Gasteiger charge is 2.32. The Hall–Kier alpha value is -2.51. The Morgan fingerprint density at radius 3 is 2.40 bits per heavy atom. The summed E-state index contributed by atoms with van der Waals surface area (Å²) in [5, 5.41) is 1.95. The molecule has 0 aliphatic rings. The standard InChI is InChI=1S/C17H16ClN3O3S/c1-12(22)20(2)21(25(23,24)13-7-4-3-5-8-13)16-10-6-9-15-17(16)14(18)11-19-15/h3-11,19H,1-2H3. The molecule has 0 bridgehead atoms. The van der Waals surface area contributed by atoms with Gasteiger partial charge in [0.05, 0.1) is 15.6 Å². The molecule has 130 valence electrons. The van der Waals surface area contributed by atoms with E-state index in [9.17, 15) is 13.2 Å². The van der Waals surface area contributed by atoms with Crippen LogP contribution >= 0.6 is 11.6 Å². The van der Waals surface area contributed by atoms with E-state index in [4.69, 9.17) is 11.6 Å². The summed E-state index contributed by atoms with van der Waals surface area (Å²) >= 11 is 6.25. The van der Waals surface area contributed by atoms with E-state index in [1.165, 1.54) is 26.1 Å². The summed E-state index contributed by atoms with van der Waals surface area (Å²) in [6.45, 7) is 1.30. The van der Waals surface area contributed by atoms with Crippen LogP contribution in [0.25, 0.3) is 10.9 Å². The second-order valence-electron chi connectivity index (χ2n) is 5.44. The molecule has 0 aliphatic carbocycles. The highest BCUT2D eigenvalue weighted by atomic mass is 35.5. The first kappa shape index (κ1) is 17.3. The third kappa shape index (κ3) is 2.96. The first-order chi connectivity index (χ1) is 11.8. The van der Waals surface area contributed by atoms with Crippen molar-refractivity contribution < 1.29 is 13.2 Å². The van der Waals surface area contributed by atoms with Gasteiger partial charge in [0.2, 0.25) is 5.91 Å². The summed E-state index contributed by atoms with van der Waals surface area (Å²) in [7, 11) is -2.61. The van der Waals surface area contributed by atoms with Crippen LogP contribution in [0.4, 0.5) is 5.69 Å². The number of anilines is 1. The van der Waals surface area contributed by atoms with Crippen molar-refractivity contribution in [3.63, 3.8) is 0 Å². The zero-order valence-corrected chi connectivity index (χ0v) is 15.2. The number of benzene rings is 2. The summed E-state index contributed by atoms with van der Waals surface area (Å²) < 4.78 is 27.4. The van der Waals surface area contributed by atoms with Gasteiger partial charge in [0.25, 0.3) is 10.0 Å². The van der Waals surface area contributed by atoms with Gasteiger partial charge in [-0.2, -0.15) is 12.8 Å². The molecule has 25 heavy (non-hydrogen) atoms. The lowest BCUT2D eigenvalue weighted by molar-refractivity contribution is -0.127. The molecular formula is C17H16ClN3O3S. The predicted octanol–water partition coefficient (Wildman–Crippen LogP) is 3.41. The second kappa shape index (κ2) is 6.42. The van der Waals surface area contributed by atoms with Gasteiger partial charge in [-0.3, -0.25) is 4.79 Å². The average Bonchev–Trinajstić information content (AvgIpc) is 2.97. The SMILES string of the molecule is CC(=O)N(C)N(c1cccc2[nH]cc(Cl)c12)S(=O)(=O)c1ccccc1. The lowest BCUT2D eigenvalue weighted by atomic mass is 10.2. The Morgan fingerprint density at radius 1 is 1.08 bits per heavy atom. The summed E-state index contributed by atoms with van der Waals surface area (Å²) in [6, 6.07) is 13.0. The number of nitrogens with one attached hydrogen (secondary N) is 1. The molecule has 2 aromatic carbocycles. The topological polar surface area (TPSA) is 73.5 Å². The number of fused-ring (bicyclic) bond motifs is 1. The molecule has 1 amide bonds. The van der Waals surface area contributed by atoms with E-state index in [1.54, 1.807) is 42.6 Å². The van der Waals surface area contributed by atoms with Crippen LogP contribution in [0.3, 0.4) is 0 Å². The van der Waals surface area contributed by atoms with Crippen molar-refractivity contribution in [2.75, 3.05) is 11.5 Å². The van der Waals surface area contributed by atoms with E-state index in [1.807, 2.05) is 0 Å². The minimum absolute atomic E-state index is 0.0757. The molecule has 1 heterocycles. The Balaban J connectivity index is 2.30. The van der Waals surface area contributed by atoms with Gasteiger partial charge in [-0.1, -0.05) is 35.9 Å². The van der Waals surface area contributed by atoms with Crippen LogP contribution < -0.4 is 4.41 Å². The third-order valence-electron chi connectivity index (χ3n) is 3.84. The van der Waals surface area contributed by atoms with Crippen LogP contribution in [0.1, 0.15) is 6.92 Å². The highest BCUT2D eigenvalue weighted by Crippen LogP contribution is 2.36. The number of carbonyl (C=O) groups excluding carboxylic acids is 1. The van der Waals surface area contributed by atoms with Crippen LogP contribution in [0.15, 0.2) is 59.6 Å². The number of amides is 1. The first-order valence-electron chi connectivity index (χ1n) is 7.44. The van der Waals surface area contributed by atoms with Crippen LogP contribution in [-0.4, -0.2) is 31.4 Å². The van der Waals surface area contributed by atoms with Crippen molar-refractivity contribution >= 4 is 44.1 Å². The van der Waals surface area contributed by atoms with Gasteiger partial charge in [0.1, 0.15) is 0 Å². The second-order valence-corrected chi connectivity index (χ2v) is 7.61. The summed E-state index contributed by atoms with van der Waals surface area (Å²) in [5.41, 5.74) is 0.970. The minimum Gasteiger partial charge on any atom is -0.360 e. The fourth-order valence-corrected chi connectivity index (χ4v) is 4.36. The third-order valence-corrected chi connectivity index (χ3v) is 5.90. The zero-order valence-electron chi connectivity index (χ0n) is 13.6. The Bertz CT molecular complexity index is 1030. The monoisotopic (exact) mass is 377 g/mol. The number of H-pyrrole nitrogens is 1. The number of aromatic amines is 1. The maximum absolute atomic E-state index is 13.2. The van der Waals surface area contributed by atoms with Gasteiger partial charge < -0.3 is 4.98 Å². The largest absolute Gasteiger partial charge is 0.360 e. The molecule has 0 spiro atoms. The number of sulfonamides is 1. The fraction of sp³-hybridized carbons (Fsp3) is 0.118. The minimum atomic E-state index is -4.02. The lowest BCUT2D eigenvalue weighted by Crippen LogP contribution is -2.46. The Kier molecular flexibility index (Phi) is 4.45. The number of hydrazine groups is 1. The van der Waals surface area contributed by atoms with Gasteiger partial charge in [-0.25, -0.2) is 5.01 Å². The van der Waals surface area contributed by atoms with Gasteiger partial charge in [0.15, 0.2) is 0 Å². The summed E-state index contributed by atoms with van der Waals surface area (Å²) in [5.74, 6) is -0.428. The normalized spacial score (nSPS) is 11.5. The van der Waals surface area contributed by atoms with Crippen molar-refractivity contribution in [3.05, 3.63) is 59.8 Å². The molecule has 0 fully saturated rings. The van der Waals surface area contributed by atoms with Gasteiger partial charge in [-0.15, -0.1) is 0 Å². The molecule has 0 radical (unpaired) electrons. The van der Waals surface area contributed by atoms with E-state index in [2.05, 4.69) is 4.98 Å². The number of aromatic nitrogens is 1. The Labute approximate surface area is 150 Å². The molecule has 0 unspecified atom stereocenters. The summed E-state index contributed by atoms with van der Waals surface area (Å²) in [6.07, 6.45) is 1.58. The number of rotatable bonds is 4. The number of hydrogen-bond acceptors (Lipinski definition) is 3. The highest BCUT2D eigenvalue weighted by molar-refractivity contribution is 7.92. The van der Waals surface area contributed by atoms with E-state index in [0.717, 1.165) is 9.42 Å². The molecule has 0 aliphatic heterocycles. The van der Waals surface area contributed by atoms with Gasteiger partial charge in [0, 0.05) is 31.1 Å². The molecule has 0 saturated heterocycles. The van der Waals surface area contributed by atoms with Crippen molar-refractivity contribution in [1.82, 2.24) is 9.99 Å². The maximum Gasteiger partial charge on any atom is 0.282 e. The van der Waals surface area contributed by atoms with Crippen molar-refractivity contribution in [2.45, 2.75) is 11.8 Å². The van der Waals surface area contributed by atoms with Gasteiger partial charge in [-0.05, 0) is 24.3 Å². The number of nitrogens with zero attached hydrogens (tertiary/aromatic N) is 2. The van der Waals surface area contributed by atoms with Crippen LogP contribution in [0.5, 0.6) is 0 Å². The van der Waals surface area contributed by atoms with E-state index >= 15 is 0 Å². The maximum atomic E-state index is 13.2. The summed E-state index contributed by atoms with van der Waals surface area (Å²) in [4.78, 5) is 15.0. The number of hydrogen-bond donors (Lipinski definition) is 1. The van der Waals surface area contributed by atoms with Gasteiger partial charge >= 0.3 is 0 Å². The molecule has 0 saturated carbocycles.